The molecule has 1 heterocycles. The Bertz CT molecular complexity index is 509. The van der Waals surface area contributed by atoms with Gasteiger partial charge in [0.1, 0.15) is 6.61 Å². The molecule has 0 atom stereocenters. The lowest BCUT2D eigenvalue weighted by Gasteiger charge is -2.14. The van der Waals surface area contributed by atoms with E-state index in [9.17, 15) is 0 Å². The highest BCUT2D eigenvalue weighted by molar-refractivity contribution is 7.80. The fourth-order valence-electron chi connectivity index (χ4n) is 2.20. The van der Waals surface area contributed by atoms with Crippen LogP contribution in [0.2, 0.25) is 0 Å². The summed E-state index contributed by atoms with van der Waals surface area (Å²) < 4.78 is 5.43. The monoisotopic (exact) mass is 263 g/mol. The molecule has 0 N–H and O–H groups in total. The lowest BCUT2D eigenvalue weighted by atomic mass is 9.93. The van der Waals surface area contributed by atoms with E-state index in [0.29, 0.717) is 18.3 Å². The van der Waals surface area contributed by atoms with Crippen molar-refractivity contribution in [1.29, 1.82) is 0 Å². The summed E-state index contributed by atoms with van der Waals surface area (Å²) >= 11 is 5.29. The molecule has 0 saturated carbocycles. The third-order valence-corrected chi connectivity index (χ3v) is 3.40. The lowest BCUT2D eigenvalue weighted by molar-refractivity contribution is 0.174. The zero-order chi connectivity index (χ0) is 13.1. The highest BCUT2D eigenvalue weighted by Crippen LogP contribution is 2.23. The van der Waals surface area contributed by atoms with Crippen LogP contribution in [-0.4, -0.2) is 24.0 Å². The van der Waals surface area contributed by atoms with Crippen LogP contribution in [0, 0.1) is 13.8 Å². The highest BCUT2D eigenvalue weighted by Gasteiger charge is 2.19. The smallest absolute Gasteiger partial charge is 0.191 e. The maximum absolute atomic E-state index is 5.43. The Morgan fingerprint density at radius 2 is 2.22 bits per heavy atom. The summed E-state index contributed by atoms with van der Waals surface area (Å²) in [5, 5.41) is 4.66. The van der Waals surface area contributed by atoms with E-state index in [-0.39, 0.29) is 0 Å². The molecule has 1 aromatic rings. The van der Waals surface area contributed by atoms with Crippen molar-refractivity contribution in [3.63, 3.8) is 0 Å². The topological polar surface area (TPSA) is 30.8 Å². The van der Waals surface area contributed by atoms with Gasteiger partial charge in [-0.25, -0.2) is 0 Å². The highest BCUT2D eigenvalue weighted by atomic mass is 32.1. The largest absolute Gasteiger partial charge is 0.483 e. The maximum Gasteiger partial charge on any atom is 0.191 e. The molecule has 1 aromatic carbocycles. The van der Waals surface area contributed by atoms with Crippen LogP contribution in [0.1, 0.15) is 35.6 Å². The van der Waals surface area contributed by atoms with Crippen molar-refractivity contribution in [3.05, 3.63) is 34.4 Å². The second kappa shape index (κ2) is 5.48. The molecule has 18 heavy (non-hydrogen) atoms. The van der Waals surface area contributed by atoms with E-state index in [1.807, 2.05) is 13.0 Å². The number of oxime groups is 1. The van der Waals surface area contributed by atoms with Crippen LogP contribution in [-0.2, 0) is 9.57 Å². The van der Waals surface area contributed by atoms with Crippen molar-refractivity contribution < 1.29 is 9.57 Å². The molecule has 2 rings (SSSR count). The number of thiocarbonyl (C=S) groups is 1. The van der Waals surface area contributed by atoms with E-state index in [1.54, 1.807) is 0 Å². The molecule has 3 nitrogen and oxygen atoms in total. The molecule has 0 radical (unpaired) electrons. The number of aryl methyl sites for hydroxylation is 1. The average Bonchev–Trinajstić information content (AvgIpc) is 2.83. The number of rotatable bonds is 3. The van der Waals surface area contributed by atoms with Gasteiger partial charge in [-0.05, 0) is 50.2 Å². The fourth-order valence-corrected chi connectivity index (χ4v) is 2.54. The predicted molar refractivity (Wildman–Crippen MR) is 76.3 cm³/mol. The number of hydrogen-bond donors (Lipinski definition) is 0. The minimum Gasteiger partial charge on any atom is -0.483 e. The molecule has 0 fully saturated rings. The molecule has 0 spiro atoms. The van der Waals surface area contributed by atoms with E-state index in [4.69, 9.17) is 21.8 Å². The molecule has 0 bridgehead atoms. The molecule has 0 aromatic heterocycles. The zero-order valence-corrected chi connectivity index (χ0v) is 11.8. The molecule has 0 aliphatic carbocycles. The minimum atomic E-state index is 0.552. The summed E-state index contributed by atoms with van der Waals surface area (Å²) in [5.74, 6) is 0. The maximum atomic E-state index is 5.43. The van der Waals surface area contributed by atoms with Gasteiger partial charge in [-0.2, -0.15) is 0 Å². The summed E-state index contributed by atoms with van der Waals surface area (Å²) in [6.45, 7) is 7.33. The summed E-state index contributed by atoms with van der Waals surface area (Å²) in [5.41, 5.74) is 5.44. The molecular weight excluding hydrogens is 246 g/mol. The molecule has 0 amide bonds. The average molecular weight is 263 g/mol. The first-order valence-electron chi connectivity index (χ1n) is 6.11. The Hall–Kier alpha value is -1.42. The van der Waals surface area contributed by atoms with Gasteiger partial charge in [-0.1, -0.05) is 11.2 Å². The van der Waals surface area contributed by atoms with E-state index in [1.165, 1.54) is 5.56 Å². The molecule has 96 valence electrons. The third kappa shape index (κ3) is 2.38. The van der Waals surface area contributed by atoms with Gasteiger partial charge in [0.15, 0.2) is 5.05 Å². The van der Waals surface area contributed by atoms with Crippen LogP contribution < -0.4 is 0 Å². The quantitative estimate of drug-likeness (QED) is 0.785. The number of hydrogen-bond acceptors (Lipinski definition) is 4. The first-order valence-corrected chi connectivity index (χ1v) is 6.52. The van der Waals surface area contributed by atoms with Crippen molar-refractivity contribution in [2.45, 2.75) is 27.2 Å². The van der Waals surface area contributed by atoms with E-state index < -0.39 is 0 Å². The van der Waals surface area contributed by atoms with Crippen molar-refractivity contribution in [1.82, 2.24) is 0 Å². The molecular formula is C14H17NO2S. The van der Waals surface area contributed by atoms with Crippen LogP contribution in [0.5, 0.6) is 0 Å². The molecule has 0 unspecified atom stereocenters. The normalized spacial score (nSPS) is 14.1. The Kier molecular flexibility index (Phi) is 3.97. The summed E-state index contributed by atoms with van der Waals surface area (Å²) in [4.78, 5) is 5.09. The van der Waals surface area contributed by atoms with E-state index in [0.717, 1.165) is 28.8 Å². The Morgan fingerprint density at radius 1 is 1.44 bits per heavy atom. The van der Waals surface area contributed by atoms with Gasteiger partial charge in [0.25, 0.3) is 0 Å². The molecule has 1 aliphatic rings. The van der Waals surface area contributed by atoms with E-state index in [2.05, 4.69) is 25.1 Å². The Labute approximate surface area is 113 Å². The summed E-state index contributed by atoms with van der Waals surface area (Å²) in [6, 6.07) is 4.08. The summed E-state index contributed by atoms with van der Waals surface area (Å²) in [6.07, 6.45) is 0.854. The molecule has 4 heteroatoms. The Morgan fingerprint density at radius 3 is 2.83 bits per heavy atom. The standard InChI is InChI=1S/C14H17NO2S/c1-4-16-14(18)11-6-5-9(2)13(10(11)3)12-7-8-17-15-12/h5-6H,4,7-8H2,1-3H3. The Balaban J connectivity index is 2.46. The third-order valence-electron chi connectivity index (χ3n) is 3.06. The lowest BCUT2D eigenvalue weighted by Crippen LogP contribution is -2.11. The minimum absolute atomic E-state index is 0.552. The van der Waals surface area contributed by atoms with Gasteiger partial charge >= 0.3 is 0 Å². The van der Waals surface area contributed by atoms with Gasteiger partial charge in [0, 0.05) is 17.5 Å². The number of nitrogens with zero attached hydrogens (tertiary/aromatic N) is 1. The number of benzene rings is 1. The number of ether oxygens (including phenoxy) is 1. The van der Waals surface area contributed by atoms with Crippen molar-refractivity contribution in [2.24, 2.45) is 5.16 Å². The van der Waals surface area contributed by atoms with Crippen LogP contribution in [0.4, 0.5) is 0 Å². The predicted octanol–water partition coefficient (Wildman–Crippen LogP) is 3.14. The van der Waals surface area contributed by atoms with Crippen LogP contribution >= 0.6 is 12.2 Å². The SMILES string of the molecule is CCOC(=S)c1ccc(C)c(C2=NOCC2)c1C. The molecule has 1 aliphatic heterocycles. The molecule has 0 saturated heterocycles. The fraction of sp³-hybridized carbons (Fsp3) is 0.429. The summed E-state index contributed by atoms with van der Waals surface area (Å²) in [7, 11) is 0. The van der Waals surface area contributed by atoms with Gasteiger partial charge < -0.3 is 9.57 Å². The van der Waals surface area contributed by atoms with Crippen LogP contribution in [0.25, 0.3) is 0 Å². The first-order chi connectivity index (χ1) is 8.65. The van der Waals surface area contributed by atoms with Gasteiger partial charge in [0.05, 0.1) is 12.3 Å². The first kappa shape index (κ1) is 13.0. The van der Waals surface area contributed by atoms with Crippen LogP contribution in [0.3, 0.4) is 0 Å². The zero-order valence-electron chi connectivity index (χ0n) is 10.9. The van der Waals surface area contributed by atoms with Gasteiger partial charge in [-0.15, -0.1) is 0 Å². The van der Waals surface area contributed by atoms with Crippen molar-refractivity contribution >= 4 is 23.0 Å². The van der Waals surface area contributed by atoms with Crippen LogP contribution in [0.15, 0.2) is 17.3 Å². The second-order valence-electron chi connectivity index (χ2n) is 4.27. The van der Waals surface area contributed by atoms with Gasteiger partial charge in [0.2, 0.25) is 0 Å². The van der Waals surface area contributed by atoms with Crippen molar-refractivity contribution in [3.8, 4) is 0 Å². The van der Waals surface area contributed by atoms with E-state index >= 15 is 0 Å². The second-order valence-corrected chi connectivity index (χ2v) is 4.64. The van der Waals surface area contributed by atoms with Gasteiger partial charge in [-0.3, -0.25) is 0 Å². The van der Waals surface area contributed by atoms with Crippen molar-refractivity contribution in [2.75, 3.05) is 13.2 Å².